The van der Waals surface area contributed by atoms with E-state index in [1.165, 1.54) is 11.1 Å². The summed E-state index contributed by atoms with van der Waals surface area (Å²) < 4.78 is 11.8. The minimum Gasteiger partial charge on any atom is -0.410 e. The maximum Gasteiger partial charge on any atom is 0.247 e. The van der Waals surface area contributed by atoms with Crippen molar-refractivity contribution in [3.05, 3.63) is 71.4 Å². The second-order valence-corrected chi connectivity index (χ2v) is 15.7. The van der Waals surface area contributed by atoms with Crippen molar-refractivity contribution in [2.24, 2.45) is 5.92 Å². The van der Waals surface area contributed by atoms with Crippen molar-refractivity contribution in [3.63, 3.8) is 0 Å². The van der Waals surface area contributed by atoms with Crippen LogP contribution in [0.3, 0.4) is 0 Å². The van der Waals surface area contributed by atoms with Gasteiger partial charge in [-0.05, 0) is 58.3 Å². The number of nitrogens with one attached hydrogen (secondary N) is 1. The Balaban J connectivity index is 5.09. The smallest absolute Gasteiger partial charge is 0.247 e. The number of ether oxygens (including phenoxy) is 1. The highest BCUT2D eigenvalue weighted by Gasteiger charge is 2.40. The molecule has 4 nitrogen and oxygen atoms in total. The number of carbonyl (C=O) groups is 1. The summed E-state index contributed by atoms with van der Waals surface area (Å²) >= 11 is 0. The third kappa shape index (κ3) is 13.1. The standard InChI is InChI=1S/C30H51NO3Si/c1-13-24(3)28(34-35(11,12)30(7,8)9)26(5)21-23(2)19-17-15-14-16-18-20-25(4)29(32)31-27(6)22-33-10/h13-21,26-28H,22H2,1-12H3,(H,31,32)/b15-14+,18-16+,19-17+,23-21-,24-13+,25-20+/t26-,27+,28+/m1/s1. The fourth-order valence-electron chi connectivity index (χ4n) is 3.14. The molecule has 198 valence electrons. The van der Waals surface area contributed by atoms with Gasteiger partial charge in [-0.1, -0.05) is 88.0 Å². The Hall–Kier alpha value is -1.95. The Morgan fingerprint density at radius 3 is 2.11 bits per heavy atom. The predicted octanol–water partition coefficient (Wildman–Crippen LogP) is 7.69. The predicted molar refractivity (Wildman–Crippen MR) is 155 cm³/mol. The summed E-state index contributed by atoms with van der Waals surface area (Å²) in [5, 5.41) is 3.07. The second-order valence-electron chi connectivity index (χ2n) is 10.9. The van der Waals surface area contributed by atoms with Crippen LogP contribution >= 0.6 is 0 Å². The Bertz CT molecular complexity index is 838. The molecular weight excluding hydrogens is 450 g/mol. The molecule has 0 saturated carbocycles. The molecule has 0 radical (unpaired) electrons. The molecule has 1 amide bonds. The molecule has 0 aliphatic carbocycles. The SMILES string of the molecule is C/C=C(\C)[C@H](O[Si](C)(C)C(C)(C)C)[C@H](C)\C=C(C)/C=C/C=C/C=C/C=C(\C)C(=O)N[C@@H](C)COC. The van der Waals surface area contributed by atoms with Gasteiger partial charge in [0.25, 0.3) is 0 Å². The minimum atomic E-state index is -1.87. The van der Waals surface area contributed by atoms with Crippen molar-refractivity contribution in [1.82, 2.24) is 5.32 Å². The van der Waals surface area contributed by atoms with Crippen molar-refractivity contribution in [1.29, 1.82) is 0 Å². The molecule has 0 aliphatic rings. The minimum absolute atomic E-state index is 0.0142. The Morgan fingerprint density at radius 1 is 1.00 bits per heavy atom. The molecule has 0 aromatic carbocycles. The Kier molecular flexibility index (Phi) is 15.0. The summed E-state index contributed by atoms with van der Waals surface area (Å²) in [5.41, 5.74) is 3.15. The lowest BCUT2D eigenvalue weighted by Gasteiger charge is -2.41. The fourth-order valence-corrected chi connectivity index (χ4v) is 4.52. The van der Waals surface area contributed by atoms with E-state index in [9.17, 15) is 4.79 Å². The number of hydrogen-bond acceptors (Lipinski definition) is 3. The highest BCUT2D eigenvalue weighted by atomic mass is 28.4. The number of methoxy groups -OCH3 is 1. The monoisotopic (exact) mass is 501 g/mol. The maximum absolute atomic E-state index is 12.1. The number of amides is 1. The third-order valence-electron chi connectivity index (χ3n) is 6.44. The van der Waals surface area contributed by atoms with Crippen LogP contribution in [0.1, 0.15) is 62.3 Å². The van der Waals surface area contributed by atoms with Gasteiger partial charge in [-0.2, -0.15) is 0 Å². The van der Waals surface area contributed by atoms with Crippen LogP contribution in [0.15, 0.2) is 71.4 Å². The quantitative estimate of drug-likeness (QED) is 0.122. The van der Waals surface area contributed by atoms with Gasteiger partial charge in [-0.15, -0.1) is 0 Å². The molecule has 0 bridgehead atoms. The summed E-state index contributed by atoms with van der Waals surface area (Å²) in [6, 6.07) is -0.0142. The molecule has 35 heavy (non-hydrogen) atoms. The van der Waals surface area contributed by atoms with Gasteiger partial charge < -0.3 is 14.5 Å². The first kappa shape index (κ1) is 33.0. The Morgan fingerprint density at radius 2 is 1.57 bits per heavy atom. The van der Waals surface area contributed by atoms with Crippen molar-refractivity contribution in [2.75, 3.05) is 13.7 Å². The molecule has 0 saturated heterocycles. The number of allylic oxidation sites excluding steroid dienone is 9. The highest BCUT2D eigenvalue weighted by molar-refractivity contribution is 6.74. The summed E-state index contributed by atoms with van der Waals surface area (Å²) in [6.45, 7) is 24.3. The van der Waals surface area contributed by atoms with Crippen molar-refractivity contribution >= 4 is 14.2 Å². The number of carbonyl (C=O) groups excluding carboxylic acids is 1. The number of rotatable bonds is 13. The summed E-state index contributed by atoms with van der Waals surface area (Å²) in [6.07, 6.45) is 18.2. The van der Waals surface area contributed by atoms with Gasteiger partial charge in [0.1, 0.15) is 0 Å². The summed E-state index contributed by atoms with van der Waals surface area (Å²) in [7, 11) is -0.251. The van der Waals surface area contributed by atoms with Crippen LogP contribution in [-0.2, 0) is 14.0 Å². The van der Waals surface area contributed by atoms with Gasteiger partial charge in [0.2, 0.25) is 5.91 Å². The largest absolute Gasteiger partial charge is 0.410 e. The van der Waals surface area contributed by atoms with Crippen LogP contribution in [0.4, 0.5) is 0 Å². The van der Waals surface area contributed by atoms with E-state index in [2.05, 4.69) is 85.1 Å². The molecule has 0 spiro atoms. The molecule has 3 atom stereocenters. The second kappa shape index (κ2) is 15.9. The zero-order valence-corrected chi connectivity index (χ0v) is 25.4. The average molecular weight is 502 g/mol. The van der Waals surface area contributed by atoms with E-state index in [4.69, 9.17) is 9.16 Å². The van der Waals surface area contributed by atoms with Crippen LogP contribution in [0, 0.1) is 5.92 Å². The molecule has 5 heteroatoms. The van der Waals surface area contributed by atoms with Gasteiger partial charge in [-0.25, -0.2) is 0 Å². The molecule has 0 rings (SSSR count). The lowest BCUT2D eigenvalue weighted by atomic mass is 9.96. The van der Waals surface area contributed by atoms with Crippen molar-refractivity contribution < 1.29 is 14.0 Å². The van der Waals surface area contributed by atoms with Gasteiger partial charge >= 0.3 is 0 Å². The van der Waals surface area contributed by atoms with Gasteiger partial charge in [0.05, 0.1) is 12.7 Å². The van der Waals surface area contributed by atoms with E-state index >= 15 is 0 Å². The topological polar surface area (TPSA) is 47.6 Å². The Labute approximate surface area is 217 Å². The lowest BCUT2D eigenvalue weighted by Crippen LogP contribution is -2.45. The third-order valence-corrected chi connectivity index (χ3v) is 10.9. The van der Waals surface area contributed by atoms with Gasteiger partial charge in [0, 0.05) is 24.6 Å². The van der Waals surface area contributed by atoms with Crippen LogP contribution < -0.4 is 5.32 Å². The molecular formula is C30H51NO3Si. The van der Waals surface area contributed by atoms with E-state index in [1.807, 2.05) is 43.4 Å². The fraction of sp³-hybridized carbons (Fsp3) is 0.567. The maximum atomic E-state index is 12.1. The van der Waals surface area contributed by atoms with Gasteiger partial charge in [-0.3, -0.25) is 4.79 Å². The van der Waals surface area contributed by atoms with Gasteiger partial charge in [0.15, 0.2) is 8.32 Å². The van der Waals surface area contributed by atoms with E-state index < -0.39 is 8.32 Å². The first-order valence-electron chi connectivity index (χ1n) is 12.6. The summed E-state index contributed by atoms with van der Waals surface area (Å²) in [5.74, 6) is 0.196. The zero-order chi connectivity index (χ0) is 27.2. The first-order valence-corrected chi connectivity index (χ1v) is 15.5. The summed E-state index contributed by atoms with van der Waals surface area (Å²) in [4.78, 5) is 12.1. The van der Waals surface area contributed by atoms with E-state index in [0.29, 0.717) is 12.2 Å². The van der Waals surface area contributed by atoms with Crippen LogP contribution in [0.25, 0.3) is 0 Å². The highest BCUT2D eigenvalue weighted by Crippen LogP contribution is 2.39. The van der Waals surface area contributed by atoms with Crippen molar-refractivity contribution in [2.45, 2.75) is 92.6 Å². The molecule has 1 N–H and O–H groups in total. The molecule has 0 fully saturated rings. The van der Waals surface area contributed by atoms with E-state index in [-0.39, 0.29) is 29.0 Å². The van der Waals surface area contributed by atoms with Crippen molar-refractivity contribution in [3.8, 4) is 0 Å². The molecule has 0 aromatic heterocycles. The first-order chi connectivity index (χ1) is 16.2. The number of hydrogen-bond donors (Lipinski definition) is 1. The lowest BCUT2D eigenvalue weighted by molar-refractivity contribution is -0.118. The van der Waals surface area contributed by atoms with Crippen LogP contribution in [0.2, 0.25) is 18.1 Å². The van der Waals surface area contributed by atoms with Crippen LogP contribution in [-0.4, -0.2) is 40.1 Å². The van der Waals surface area contributed by atoms with E-state index in [1.54, 1.807) is 14.0 Å². The van der Waals surface area contributed by atoms with Crippen LogP contribution in [0.5, 0.6) is 0 Å². The molecule has 0 unspecified atom stereocenters. The molecule has 0 heterocycles. The molecule has 0 aliphatic heterocycles. The van der Waals surface area contributed by atoms with E-state index in [0.717, 1.165) is 0 Å². The molecule has 0 aromatic rings. The average Bonchev–Trinajstić information content (AvgIpc) is 2.75. The normalized spacial score (nSPS) is 17.4. The zero-order valence-electron chi connectivity index (χ0n) is 24.4.